The smallest absolute Gasteiger partial charge is 0.321 e. The number of nitrogens with zero attached hydrogens (tertiary/aromatic N) is 2. The highest BCUT2D eigenvalue weighted by Crippen LogP contribution is 2.28. The van der Waals surface area contributed by atoms with Gasteiger partial charge in [-0.05, 0) is 75.1 Å². The summed E-state index contributed by atoms with van der Waals surface area (Å²) in [6.45, 7) is 9.40. The van der Waals surface area contributed by atoms with Crippen molar-refractivity contribution in [1.82, 2.24) is 9.80 Å². The zero-order chi connectivity index (χ0) is 18.5. The van der Waals surface area contributed by atoms with Crippen LogP contribution < -0.4 is 5.32 Å². The number of anilines is 1. The number of aryl methyl sites for hydroxylation is 2. The molecular formula is C21H33N3OS. The molecule has 2 aliphatic heterocycles. The van der Waals surface area contributed by atoms with Crippen LogP contribution in [-0.4, -0.2) is 59.1 Å². The first-order chi connectivity index (χ1) is 12.6. The normalized spacial score (nSPS) is 22.0. The van der Waals surface area contributed by atoms with Gasteiger partial charge in [-0.3, -0.25) is 4.90 Å². The van der Waals surface area contributed by atoms with Gasteiger partial charge in [-0.25, -0.2) is 4.79 Å². The lowest BCUT2D eigenvalue weighted by Gasteiger charge is -2.39. The number of nitrogens with one attached hydrogen (secondary N) is 1. The summed E-state index contributed by atoms with van der Waals surface area (Å²) in [7, 11) is 0. The minimum absolute atomic E-state index is 0.0474. The van der Waals surface area contributed by atoms with E-state index in [4.69, 9.17) is 0 Å². The molecule has 2 aliphatic rings. The van der Waals surface area contributed by atoms with Gasteiger partial charge >= 0.3 is 6.03 Å². The minimum Gasteiger partial charge on any atom is -0.324 e. The number of urea groups is 1. The number of benzene rings is 1. The maximum Gasteiger partial charge on any atom is 0.321 e. The largest absolute Gasteiger partial charge is 0.324 e. The number of thioether (sulfide) groups is 1. The van der Waals surface area contributed by atoms with Gasteiger partial charge in [-0.2, -0.15) is 11.8 Å². The molecule has 4 nitrogen and oxygen atoms in total. The summed E-state index contributed by atoms with van der Waals surface area (Å²) >= 11 is 2.07. The predicted octanol–water partition coefficient (Wildman–Crippen LogP) is 4.52. The Kier molecular flexibility index (Phi) is 6.87. The summed E-state index contributed by atoms with van der Waals surface area (Å²) in [5, 5.41) is 3.07. The van der Waals surface area contributed by atoms with Crippen LogP contribution in [0.3, 0.4) is 0 Å². The summed E-state index contributed by atoms with van der Waals surface area (Å²) in [5.41, 5.74) is 3.37. The summed E-state index contributed by atoms with van der Waals surface area (Å²) in [6.07, 6.45) is 4.89. The Morgan fingerprint density at radius 1 is 1.15 bits per heavy atom. The van der Waals surface area contributed by atoms with Gasteiger partial charge < -0.3 is 10.2 Å². The lowest BCUT2D eigenvalue weighted by molar-refractivity contribution is 0.118. The fourth-order valence-corrected chi connectivity index (χ4v) is 5.06. The van der Waals surface area contributed by atoms with Gasteiger partial charge in [-0.15, -0.1) is 0 Å². The molecule has 2 saturated heterocycles. The van der Waals surface area contributed by atoms with Crippen molar-refractivity contribution in [2.45, 2.75) is 58.5 Å². The van der Waals surface area contributed by atoms with Crippen molar-refractivity contribution in [3.05, 3.63) is 29.3 Å². The molecule has 0 aliphatic carbocycles. The molecule has 1 aromatic carbocycles. The Morgan fingerprint density at radius 3 is 2.62 bits per heavy atom. The molecule has 0 unspecified atom stereocenters. The molecule has 0 bridgehead atoms. The van der Waals surface area contributed by atoms with Crippen molar-refractivity contribution in [2.75, 3.05) is 36.5 Å². The number of carbonyl (C=O) groups excluding carboxylic acids is 1. The molecule has 2 fully saturated rings. The van der Waals surface area contributed by atoms with Gasteiger partial charge in [0.1, 0.15) is 0 Å². The standard InChI is InChI=1S/C21H33N3OS/c1-4-26-15-20-6-5-11-24(20)19-9-12-23(13-10-19)21(25)22-18-8-7-16(2)17(3)14-18/h7-8,14,19-20H,4-6,9-13,15H2,1-3H3,(H,22,25)/t20-/m1/s1. The fraction of sp³-hybridized carbons (Fsp3) is 0.667. The monoisotopic (exact) mass is 375 g/mol. The molecule has 0 radical (unpaired) electrons. The number of piperidine rings is 1. The predicted molar refractivity (Wildman–Crippen MR) is 112 cm³/mol. The van der Waals surface area contributed by atoms with Crippen LogP contribution in [0.5, 0.6) is 0 Å². The van der Waals surface area contributed by atoms with E-state index in [0.717, 1.165) is 37.7 Å². The van der Waals surface area contributed by atoms with E-state index >= 15 is 0 Å². The zero-order valence-corrected chi connectivity index (χ0v) is 17.3. The molecule has 1 N–H and O–H groups in total. The number of rotatable bonds is 5. The molecule has 1 atom stereocenters. The van der Waals surface area contributed by atoms with Gasteiger partial charge in [0, 0.05) is 36.6 Å². The van der Waals surface area contributed by atoms with Crippen LogP contribution in [0.2, 0.25) is 0 Å². The lowest BCUT2D eigenvalue weighted by Crippen LogP contribution is -2.49. The van der Waals surface area contributed by atoms with Gasteiger partial charge in [0.2, 0.25) is 0 Å². The maximum atomic E-state index is 12.6. The van der Waals surface area contributed by atoms with E-state index in [-0.39, 0.29) is 6.03 Å². The number of amides is 2. The molecule has 5 heteroatoms. The maximum absolute atomic E-state index is 12.6. The Labute approximate surface area is 162 Å². The average molecular weight is 376 g/mol. The number of hydrogen-bond donors (Lipinski definition) is 1. The van der Waals surface area contributed by atoms with Crippen LogP contribution in [-0.2, 0) is 0 Å². The van der Waals surface area contributed by atoms with Crippen molar-refractivity contribution >= 4 is 23.5 Å². The molecule has 1 aromatic rings. The quantitative estimate of drug-likeness (QED) is 0.822. The summed E-state index contributed by atoms with van der Waals surface area (Å²) in [6, 6.07) is 7.57. The van der Waals surface area contributed by atoms with E-state index < -0.39 is 0 Å². The van der Waals surface area contributed by atoms with Crippen LogP contribution in [0.1, 0.15) is 43.7 Å². The van der Waals surface area contributed by atoms with Gasteiger partial charge in [-0.1, -0.05) is 13.0 Å². The van der Waals surface area contributed by atoms with Crippen LogP contribution in [0.25, 0.3) is 0 Å². The third-order valence-corrected chi connectivity index (χ3v) is 6.94. The highest BCUT2D eigenvalue weighted by molar-refractivity contribution is 7.99. The van der Waals surface area contributed by atoms with E-state index in [9.17, 15) is 4.79 Å². The van der Waals surface area contributed by atoms with Crippen LogP contribution in [0, 0.1) is 13.8 Å². The van der Waals surface area contributed by atoms with E-state index in [1.54, 1.807) is 0 Å². The first-order valence-electron chi connectivity index (χ1n) is 10.0. The molecule has 144 valence electrons. The highest BCUT2D eigenvalue weighted by Gasteiger charge is 2.33. The highest BCUT2D eigenvalue weighted by atomic mass is 32.2. The van der Waals surface area contributed by atoms with E-state index in [2.05, 4.69) is 54.9 Å². The SMILES string of the molecule is CCSC[C@H]1CCCN1C1CCN(C(=O)Nc2ccc(C)c(C)c2)CC1. The number of carbonyl (C=O) groups is 1. The third kappa shape index (κ3) is 4.74. The Balaban J connectivity index is 1.49. The molecular weight excluding hydrogens is 342 g/mol. The molecule has 3 rings (SSSR count). The average Bonchev–Trinajstić information content (AvgIpc) is 3.11. The Bertz CT molecular complexity index is 613. The second kappa shape index (κ2) is 9.14. The number of likely N-dealkylation sites (tertiary alicyclic amines) is 2. The van der Waals surface area contributed by atoms with Crippen LogP contribution in [0.15, 0.2) is 18.2 Å². The van der Waals surface area contributed by atoms with Gasteiger partial charge in [0.15, 0.2) is 0 Å². The molecule has 26 heavy (non-hydrogen) atoms. The van der Waals surface area contributed by atoms with Crippen LogP contribution in [0.4, 0.5) is 10.5 Å². The first kappa shape index (κ1) is 19.6. The van der Waals surface area contributed by atoms with Crippen molar-refractivity contribution in [3.63, 3.8) is 0 Å². The van der Waals surface area contributed by atoms with Gasteiger partial charge in [0.05, 0.1) is 0 Å². The fourth-order valence-electron chi connectivity index (χ4n) is 4.19. The summed E-state index contributed by atoms with van der Waals surface area (Å²) in [4.78, 5) is 17.3. The number of hydrogen-bond acceptors (Lipinski definition) is 3. The van der Waals surface area contributed by atoms with Gasteiger partial charge in [0.25, 0.3) is 0 Å². The second-order valence-corrected chi connectivity index (χ2v) is 8.96. The second-order valence-electron chi connectivity index (χ2n) is 7.64. The van der Waals surface area contributed by atoms with Crippen molar-refractivity contribution in [2.24, 2.45) is 0 Å². The van der Waals surface area contributed by atoms with Crippen molar-refractivity contribution < 1.29 is 4.79 Å². The topological polar surface area (TPSA) is 35.6 Å². The molecule has 0 saturated carbocycles. The molecule has 0 aromatic heterocycles. The van der Waals surface area contributed by atoms with Crippen molar-refractivity contribution in [1.29, 1.82) is 0 Å². The zero-order valence-electron chi connectivity index (χ0n) is 16.5. The summed E-state index contributed by atoms with van der Waals surface area (Å²) in [5.74, 6) is 2.48. The van der Waals surface area contributed by atoms with Crippen molar-refractivity contribution in [3.8, 4) is 0 Å². The van der Waals surface area contributed by atoms with E-state index in [1.807, 2.05) is 11.0 Å². The first-order valence-corrected chi connectivity index (χ1v) is 11.2. The Hall–Kier alpha value is -1.20. The van der Waals surface area contributed by atoms with E-state index in [0.29, 0.717) is 6.04 Å². The van der Waals surface area contributed by atoms with E-state index in [1.165, 1.54) is 42.0 Å². The molecule has 2 amide bonds. The Morgan fingerprint density at radius 2 is 1.92 bits per heavy atom. The minimum atomic E-state index is 0.0474. The summed E-state index contributed by atoms with van der Waals surface area (Å²) < 4.78 is 0. The van der Waals surface area contributed by atoms with Crippen LogP contribution >= 0.6 is 11.8 Å². The third-order valence-electron chi connectivity index (χ3n) is 5.92. The molecule has 2 heterocycles. The lowest BCUT2D eigenvalue weighted by atomic mass is 10.0. The molecule has 0 spiro atoms.